The largest absolute Gasteiger partial charge is 0.507 e. The number of rotatable bonds is 8. The summed E-state index contributed by atoms with van der Waals surface area (Å²) in [5.74, 6) is -0.264. The molecule has 1 unspecified atom stereocenters. The van der Waals surface area contributed by atoms with Crippen LogP contribution in [0.15, 0.2) is 54.1 Å². The fourth-order valence-corrected chi connectivity index (χ4v) is 3.70. The number of Topliss-reactive ketones (excluding diaryl/α,β-unsaturated/α-hetero) is 1. The molecule has 170 valence electrons. The molecule has 7 heteroatoms. The molecule has 3 rings (SSSR count). The smallest absolute Gasteiger partial charge is 0.295 e. The SMILES string of the molecule is COc1cccc(C2/C(=C(/O)c3ccc(OC(C)C)cc3)C(=O)C(=O)N2CCN(C)C)c1. The maximum atomic E-state index is 13.0. The molecule has 2 aromatic rings. The number of amides is 1. The van der Waals surface area contributed by atoms with Gasteiger partial charge in [0.1, 0.15) is 17.3 Å². The number of methoxy groups -OCH3 is 1. The number of aliphatic hydroxyl groups is 1. The maximum absolute atomic E-state index is 13.0. The average molecular weight is 439 g/mol. The number of nitrogens with zero attached hydrogens (tertiary/aromatic N) is 2. The Morgan fingerprint density at radius 1 is 1.09 bits per heavy atom. The van der Waals surface area contributed by atoms with Gasteiger partial charge in [0.25, 0.3) is 11.7 Å². The first-order valence-corrected chi connectivity index (χ1v) is 10.6. The summed E-state index contributed by atoms with van der Waals surface area (Å²) in [7, 11) is 5.36. The van der Waals surface area contributed by atoms with Gasteiger partial charge in [-0.1, -0.05) is 12.1 Å². The summed E-state index contributed by atoms with van der Waals surface area (Å²) in [6.45, 7) is 4.78. The van der Waals surface area contributed by atoms with Crippen molar-refractivity contribution in [1.82, 2.24) is 9.80 Å². The Morgan fingerprint density at radius 2 is 1.78 bits per heavy atom. The van der Waals surface area contributed by atoms with E-state index in [1.54, 1.807) is 49.6 Å². The molecule has 1 amide bonds. The molecule has 1 aliphatic heterocycles. The van der Waals surface area contributed by atoms with E-state index in [2.05, 4.69) is 0 Å². The Labute approximate surface area is 188 Å². The highest BCUT2D eigenvalue weighted by Gasteiger charge is 2.46. The number of carbonyl (C=O) groups is 2. The van der Waals surface area contributed by atoms with Crippen LogP contribution in [0.1, 0.15) is 31.0 Å². The van der Waals surface area contributed by atoms with Gasteiger partial charge in [-0.3, -0.25) is 9.59 Å². The molecule has 0 radical (unpaired) electrons. The first kappa shape index (κ1) is 23.3. The van der Waals surface area contributed by atoms with Gasteiger partial charge in [-0.2, -0.15) is 0 Å². The van der Waals surface area contributed by atoms with Gasteiger partial charge >= 0.3 is 0 Å². The molecule has 1 N–H and O–H groups in total. The van der Waals surface area contributed by atoms with Crippen molar-refractivity contribution >= 4 is 17.4 Å². The molecule has 2 aromatic carbocycles. The number of ether oxygens (including phenoxy) is 2. The number of hydrogen-bond donors (Lipinski definition) is 1. The van der Waals surface area contributed by atoms with Gasteiger partial charge in [-0.15, -0.1) is 0 Å². The Balaban J connectivity index is 2.09. The summed E-state index contributed by atoms with van der Waals surface area (Å²) in [6, 6.07) is 13.3. The summed E-state index contributed by atoms with van der Waals surface area (Å²) in [5, 5.41) is 11.1. The van der Waals surface area contributed by atoms with Gasteiger partial charge in [0.2, 0.25) is 0 Å². The van der Waals surface area contributed by atoms with Crippen molar-refractivity contribution in [2.75, 3.05) is 34.3 Å². The number of likely N-dealkylation sites (tertiary alicyclic amines) is 1. The zero-order chi connectivity index (χ0) is 23.4. The minimum atomic E-state index is -0.711. The van der Waals surface area contributed by atoms with E-state index < -0.39 is 17.7 Å². The Hall–Kier alpha value is -3.32. The highest BCUT2D eigenvalue weighted by molar-refractivity contribution is 6.46. The van der Waals surface area contributed by atoms with Crippen molar-refractivity contribution < 1.29 is 24.2 Å². The Morgan fingerprint density at radius 3 is 2.38 bits per heavy atom. The molecule has 1 fully saturated rings. The minimum absolute atomic E-state index is 0.0181. The van der Waals surface area contributed by atoms with E-state index in [0.29, 0.717) is 35.7 Å². The lowest BCUT2D eigenvalue weighted by atomic mass is 9.95. The van der Waals surface area contributed by atoms with E-state index >= 15 is 0 Å². The minimum Gasteiger partial charge on any atom is -0.507 e. The van der Waals surface area contributed by atoms with E-state index in [0.717, 1.165) is 0 Å². The summed E-state index contributed by atoms with van der Waals surface area (Å²) in [4.78, 5) is 29.4. The van der Waals surface area contributed by atoms with E-state index in [1.165, 1.54) is 4.90 Å². The molecule has 1 atom stereocenters. The zero-order valence-electron chi connectivity index (χ0n) is 19.2. The van der Waals surface area contributed by atoms with E-state index in [1.807, 2.05) is 38.9 Å². The molecule has 32 heavy (non-hydrogen) atoms. The number of benzene rings is 2. The van der Waals surface area contributed by atoms with Gasteiger partial charge in [0, 0.05) is 18.7 Å². The first-order chi connectivity index (χ1) is 15.2. The monoisotopic (exact) mass is 438 g/mol. The molecule has 0 saturated carbocycles. The van der Waals surface area contributed by atoms with Crippen molar-refractivity contribution in [1.29, 1.82) is 0 Å². The summed E-state index contributed by atoms with van der Waals surface area (Å²) in [5.41, 5.74) is 1.21. The summed E-state index contributed by atoms with van der Waals surface area (Å²) < 4.78 is 11.0. The lowest BCUT2D eigenvalue weighted by Crippen LogP contribution is -2.35. The van der Waals surface area contributed by atoms with Crippen LogP contribution in [0.25, 0.3) is 5.76 Å². The van der Waals surface area contributed by atoms with Crippen molar-refractivity contribution in [2.24, 2.45) is 0 Å². The molecular weight excluding hydrogens is 408 g/mol. The van der Waals surface area contributed by atoms with Crippen LogP contribution in [0.2, 0.25) is 0 Å². The third-order valence-electron chi connectivity index (χ3n) is 5.24. The highest BCUT2D eigenvalue weighted by atomic mass is 16.5. The van der Waals surface area contributed by atoms with Crippen LogP contribution in [0, 0.1) is 0 Å². The molecule has 1 heterocycles. The summed E-state index contributed by atoms with van der Waals surface area (Å²) in [6.07, 6.45) is 0.0181. The van der Waals surface area contributed by atoms with Gasteiger partial charge in [-0.25, -0.2) is 0 Å². The van der Waals surface area contributed by atoms with E-state index in [9.17, 15) is 14.7 Å². The number of hydrogen-bond acceptors (Lipinski definition) is 6. The predicted molar refractivity (Wildman–Crippen MR) is 123 cm³/mol. The molecule has 0 spiro atoms. The molecule has 0 aromatic heterocycles. The lowest BCUT2D eigenvalue weighted by molar-refractivity contribution is -0.140. The first-order valence-electron chi connectivity index (χ1n) is 10.6. The van der Waals surface area contributed by atoms with Crippen LogP contribution in [0.4, 0.5) is 0 Å². The van der Waals surface area contributed by atoms with Crippen LogP contribution < -0.4 is 9.47 Å². The number of aliphatic hydroxyl groups excluding tert-OH is 1. The third-order valence-corrected chi connectivity index (χ3v) is 5.24. The fraction of sp³-hybridized carbons (Fsp3) is 0.360. The van der Waals surface area contributed by atoms with Crippen molar-refractivity contribution in [3.05, 3.63) is 65.2 Å². The van der Waals surface area contributed by atoms with Gasteiger partial charge in [0.05, 0.1) is 24.8 Å². The van der Waals surface area contributed by atoms with Crippen LogP contribution >= 0.6 is 0 Å². The van der Waals surface area contributed by atoms with Crippen molar-refractivity contribution in [3.8, 4) is 11.5 Å². The number of ketones is 1. The molecule has 1 saturated heterocycles. The van der Waals surface area contributed by atoms with Crippen LogP contribution in [-0.2, 0) is 9.59 Å². The van der Waals surface area contributed by atoms with Crippen molar-refractivity contribution in [2.45, 2.75) is 26.0 Å². The molecule has 7 nitrogen and oxygen atoms in total. The van der Waals surface area contributed by atoms with Crippen LogP contribution in [0.3, 0.4) is 0 Å². The van der Waals surface area contributed by atoms with Crippen LogP contribution in [0.5, 0.6) is 11.5 Å². The quantitative estimate of drug-likeness (QED) is 0.386. The number of carbonyl (C=O) groups excluding carboxylic acids is 2. The van der Waals surface area contributed by atoms with E-state index in [4.69, 9.17) is 9.47 Å². The second-order valence-corrected chi connectivity index (χ2v) is 8.26. The van der Waals surface area contributed by atoms with Gasteiger partial charge < -0.3 is 24.4 Å². The normalized spacial score (nSPS) is 18.0. The topological polar surface area (TPSA) is 79.3 Å². The van der Waals surface area contributed by atoms with Crippen LogP contribution in [-0.4, -0.2) is 67.0 Å². The molecule has 1 aliphatic rings. The molecular formula is C25H30N2O5. The van der Waals surface area contributed by atoms with Gasteiger partial charge in [-0.05, 0) is 69.9 Å². The average Bonchev–Trinajstić information content (AvgIpc) is 3.02. The molecule has 0 bridgehead atoms. The second kappa shape index (κ2) is 9.87. The second-order valence-electron chi connectivity index (χ2n) is 8.26. The molecule has 0 aliphatic carbocycles. The predicted octanol–water partition coefficient (Wildman–Crippen LogP) is 3.47. The third kappa shape index (κ3) is 4.94. The number of likely N-dealkylation sites (N-methyl/N-ethyl adjacent to an activating group) is 1. The fourth-order valence-electron chi connectivity index (χ4n) is 3.70. The van der Waals surface area contributed by atoms with E-state index in [-0.39, 0.29) is 17.4 Å². The van der Waals surface area contributed by atoms with Gasteiger partial charge in [0.15, 0.2) is 0 Å². The maximum Gasteiger partial charge on any atom is 0.295 e. The lowest BCUT2D eigenvalue weighted by Gasteiger charge is -2.26. The highest BCUT2D eigenvalue weighted by Crippen LogP contribution is 2.40. The zero-order valence-corrected chi connectivity index (χ0v) is 19.2. The Kier molecular flexibility index (Phi) is 7.20. The summed E-state index contributed by atoms with van der Waals surface area (Å²) >= 11 is 0. The standard InChI is InChI=1S/C25H30N2O5/c1-16(2)32-19-11-9-17(10-12-19)23(28)21-22(18-7-6-8-20(15-18)31-5)27(14-13-26(3)4)25(30)24(21)29/h6-12,15-16,22,28H,13-14H2,1-5H3/b23-21-. The van der Waals surface area contributed by atoms with Crippen molar-refractivity contribution in [3.63, 3.8) is 0 Å². The Bertz CT molecular complexity index is 1010.